The normalized spacial score (nSPS) is 14.0. The Morgan fingerprint density at radius 1 is 1.22 bits per heavy atom. The number of carbonyl (C=O) groups excluding carboxylic acids is 1. The smallest absolute Gasteiger partial charge is 0.303 e. The largest absolute Gasteiger partial charge is 0.481 e. The summed E-state index contributed by atoms with van der Waals surface area (Å²) in [6.07, 6.45) is 6.19. The maximum absolute atomic E-state index is 12.9. The molecule has 8 heteroatoms. The molecule has 0 spiro atoms. The van der Waals surface area contributed by atoms with Crippen molar-refractivity contribution in [2.24, 2.45) is 0 Å². The lowest BCUT2D eigenvalue weighted by molar-refractivity contribution is -0.137. The van der Waals surface area contributed by atoms with Crippen LogP contribution < -0.4 is 10.9 Å². The molecular weight excluding hydrogens is 366 g/mol. The zero-order valence-electron chi connectivity index (χ0n) is 15.5. The first-order chi connectivity index (χ1) is 13.0. The first-order valence-corrected chi connectivity index (χ1v) is 10.3. The Morgan fingerprint density at radius 2 is 2.04 bits per heavy atom. The zero-order chi connectivity index (χ0) is 19.4. The van der Waals surface area contributed by atoms with E-state index in [1.807, 2.05) is 6.92 Å². The van der Waals surface area contributed by atoms with Gasteiger partial charge in [0.05, 0.1) is 10.3 Å². The van der Waals surface area contributed by atoms with Crippen LogP contribution >= 0.6 is 11.3 Å². The van der Waals surface area contributed by atoms with Crippen molar-refractivity contribution in [3.8, 4) is 0 Å². The lowest BCUT2D eigenvalue weighted by Gasteiger charge is -2.08. The first kappa shape index (κ1) is 19.5. The van der Waals surface area contributed by atoms with Crippen molar-refractivity contribution >= 4 is 33.4 Å². The van der Waals surface area contributed by atoms with Crippen LogP contribution in [0.3, 0.4) is 0 Å². The maximum atomic E-state index is 12.9. The van der Waals surface area contributed by atoms with Gasteiger partial charge in [-0.3, -0.25) is 19.0 Å². The Balaban J connectivity index is 1.73. The third-order valence-electron chi connectivity index (χ3n) is 4.97. The summed E-state index contributed by atoms with van der Waals surface area (Å²) < 4.78 is 1.78. The summed E-state index contributed by atoms with van der Waals surface area (Å²) in [6, 6.07) is 0. The number of unbranched alkanes of at least 4 members (excludes halogenated alkanes) is 2. The Kier molecular flexibility index (Phi) is 6.26. The van der Waals surface area contributed by atoms with Crippen LogP contribution in [0.25, 0.3) is 10.2 Å². The number of hydrogen-bond acceptors (Lipinski definition) is 5. The van der Waals surface area contributed by atoms with Gasteiger partial charge < -0.3 is 10.4 Å². The molecular formula is C19H25N3O4S. The zero-order valence-corrected chi connectivity index (χ0v) is 16.4. The number of fused-ring (bicyclic) bond motifs is 2. The van der Waals surface area contributed by atoms with E-state index in [0.717, 1.165) is 44.3 Å². The van der Waals surface area contributed by atoms with Crippen molar-refractivity contribution in [1.29, 1.82) is 0 Å². The number of thiophene rings is 1. The molecule has 27 heavy (non-hydrogen) atoms. The average Bonchev–Trinajstić information content (AvgIpc) is 2.80. The Morgan fingerprint density at radius 3 is 2.81 bits per heavy atom. The van der Waals surface area contributed by atoms with Crippen molar-refractivity contribution in [2.75, 3.05) is 6.54 Å². The first-order valence-electron chi connectivity index (χ1n) is 9.52. The number of nitrogens with one attached hydrogen (secondary N) is 1. The summed E-state index contributed by atoms with van der Waals surface area (Å²) in [7, 11) is 0. The second-order valence-corrected chi connectivity index (χ2v) is 7.99. The van der Waals surface area contributed by atoms with Crippen LogP contribution in [-0.2, 0) is 17.8 Å². The minimum atomic E-state index is -0.794. The van der Waals surface area contributed by atoms with Crippen LogP contribution in [0.4, 0.5) is 0 Å². The molecule has 0 bridgehead atoms. The van der Waals surface area contributed by atoms with Crippen molar-refractivity contribution in [1.82, 2.24) is 14.9 Å². The SMILES string of the molecule is Cc1c(C(=O)NCCCCCC(=O)O)sc2nc3n(c(=O)c12)CCCCC3. The van der Waals surface area contributed by atoms with Gasteiger partial charge in [-0.15, -0.1) is 11.3 Å². The van der Waals surface area contributed by atoms with E-state index in [0.29, 0.717) is 40.2 Å². The van der Waals surface area contributed by atoms with E-state index in [-0.39, 0.29) is 17.9 Å². The fraction of sp³-hybridized carbons (Fsp3) is 0.579. The number of carboxylic acids is 1. The van der Waals surface area contributed by atoms with Crippen LogP contribution in [0.5, 0.6) is 0 Å². The molecule has 1 aliphatic rings. The van der Waals surface area contributed by atoms with Gasteiger partial charge in [-0.25, -0.2) is 4.98 Å². The number of aliphatic carboxylic acids is 1. The van der Waals surface area contributed by atoms with Gasteiger partial charge in [-0.05, 0) is 38.2 Å². The summed E-state index contributed by atoms with van der Waals surface area (Å²) >= 11 is 1.28. The molecule has 2 N–H and O–H groups in total. The third-order valence-corrected chi connectivity index (χ3v) is 6.16. The van der Waals surface area contributed by atoms with Gasteiger partial charge in [0.15, 0.2) is 0 Å². The highest BCUT2D eigenvalue weighted by Gasteiger charge is 2.22. The number of carboxylic acid groups (broad SMARTS) is 1. The number of hydrogen-bond donors (Lipinski definition) is 2. The molecule has 3 heterocycles. The Bertz CT molecular complexity index is 916. The maximum Gasteiger partial charge on any atom is 0.303 e. The fourth-order valence-corrected chi connectivity index (χ4v) is 4.59. The van der Waals surface area contributed by atoms with Gasteiger partial charge in [-0.2, -0.15) is 0 Å². The predicted molar refractivity (Wildman–Crippen MR) is 105 cm³/mol. The van der Waals surface area contributed by atoms with E-state index >= 15 is 0 Å². The quantitative estimate of drug-likeness (QED) is 0.707. The minimum absolute atomic E-state index is 0.0293. The Hall–Kier alpha value is -2.22. The van der Waals surface area contributed by atoms with Crippen LogP contribution in [0.2, 0.25) is 0 Å². The van der Waals surface area contributed by atoms with Crippen LogP contribution in [-0.4, -0.2) is 33.1 Å². The number of aromatic nitrogens is 2. The predicted octanol–water partition coefficient (Wildman–Crippen LogP) is 2.87. The summed E-state index contributed by atoms with van der Waals surface area (Å²) in [6.45, 7) is 3.01. The molecule has 2 aromatic rings. The third kappa shape index (κ3) is 4.37. The molecule has 1 amide bonds. The summed E-state index contributed by atoms with van der Waals surface area (Å²) in [5, 5.41) is 12.1. The van der Waals surface area contributed by atoms with Crippen molar-refractivity contribution < 1.29 is 14.7 Å². The summed E-state index contributed by atoms with van der Waals surface area (Å²) in [5.41, 5.74) is 0.675. The summed E-state index contributed by atoms with van der Waals surface area (Å²) in [4.78, 5) is 41.8. The number of carbonyl (C=O) groups is 2. The molecule has 0 radical (unpaired) electrons. The molecule has 146 valence electrons. The van der Waals surface area contributed by atoms with Gasteiger partial charge >= 0.3 is 5.97 Å². The van der Waals surface area contributed by atoms with Gasteiger partial charge in [0, 0.05) is 25.9 Å². The van der Waals surface area contributed by atoms with Gasteiger partial charge in [0.2, 0.25) is 0 Å². The van der Waals surface area contributed by atoms with Gasteiger partial charge in [-0.1, -0.05) is 12.8 Å². The second kappa shape index (κ2) is 8.65. The molecule has 1 aliphatic heterocycles. The lowest BCUT2D eigenvalue weighted by atomic mass is 10.2. The fourth-order valence-electron chi connectivity index (χ4n) is 3.49. The van der Waals surface area contributed by atoms with E-state index in [1.165, 1.54) is 11.3 Å². The standard InChI is InChI=1S/C19H25N3O4S/c1-12-15-18(21-13-8-4-3-7-11-22(13)19(15)26)27-16(12)17(25)20-10-6-2-5-9-14(23)24/h2-11H2,1H3,(H,20,25)(H,23,24). The molecule has 0 saturated heterocycles. The Labute approximate surface area is 161 Å². The van der Waals surface area contributed by atoms with Gasteiger partial charge in [0.25, 0.3) is 11.5 Å². The molecule has 2 aromatic heterocycles. The highest BCUT2D eigenvalue weighted by molar-refractivity contribution is 7.20. The second-order valence-electron chi connectivity index (χ2n) is 6.99. The average molecular weight is 391 g/mol. The topological polar surface area (TPSA) is 101 Å². The molecule has 0 fully saturated rings. The monoisotopic (exact) mass is 391 g/mol. The van der Waals surface area contributed by atoms with Crippen molar-refractivity contribution in [3.05, 3.63) is 26.6 Å². The van der Waals surface area contributed by atoms with Crippen LogP contribution in [0.15, 0.2) is 4.79 Å². The molecule has 7 nitrogen and oxygen atoms in total. The molecule has 0 atom stereocenters. The molecule has 0 unspecified atom stereocenters. The van der Waals surface area contributed by atoms with E-state index in [1.54, 1.807) is 4.57 Å². The van der Waals surface area contributed by atoms with Crippen LogP contribution in [0.1, 0.15) is 66.0 Å². The van der Waals surface area contributed by atoms with E-state index < -0.39 is 5.97 Å². The molecule has 3 rings (SSSR count). The highest BCUT2D eigenvalue weighted by Crippen LogP contribution is 2.28. The van der Waals surface area contributed by atoms with Crippen molar-refractivity contribution in [3.63, 3.8) is 0 Å². The lowest BCUT2D eigenvalue weighted by Crippen LogP contribution is -2.25. The van der Waals surface area contributed by atoms with Crippen molar-refractivity contribution in [2.45, 2.75) is 64.8 Å². The van der Waals surface area contributed by atoms with Crippen LogP contribution in [0, 0.1) is 6.92 Å². The van der Waals surface area contributed by atoms with E-state index in [2.05, 4.69) is 10.3 Å². The number of nitrogens with zero attached hydrogens (tertiary/aromatic N) is 2. The summed E-state index contributed by atoms with van der Waals surface area (Å²) in [5.74, 6) is -0.151. The number of rotatable bonds is 7. The van der Waals surface area contributed by atoms with Gasteiger partial charge in [0.1, 0.15) is 10.7 Å². The van der Waals surface area contributed by atoms with E-state index in [9.17, 15) is 14.4 Å². The van der Waals surface area contributed by atoms with E-state index in [4.69, 9.17) is 5.11 Å². The molecule has 0 saturated carbocycles. The molecule has 0 aliphatic carbocycles. The number of aryl methyl sites for hydroxylation is 2. The molecule has 0 aromatic carbocycles. The number of amides is 1. The minimum Gasteiger partial charge on any atom is -0.481 e. The highest BCUT2D eigenvalue weighted by atomic mass is 32.1.